The van der Waals surface area contributed by atoms with Gasteiger partial charge in [-0.3, -0.25) is 0 Å². The third kappa shape index (κ3) is 3.23. The summed E-state index contributed by atoms with van der Waals surface area (Å²) >= 11 is 0. The van der Waals surface area contributed by atoms with Gasteiger partial charge in [0.2, 0.25) is 0 Å². The van der Waals surface area contributed by atoms with Crippen LogP contribution in [0.5, 0.6) is 11.5 Å². The molecule has 1 rings (SSSR count). The van der Waals surface area contributed by atoms with Crippen molar-refractivity contribution in [3.8, 4) is 11.5 Å². The smallest absolute Gasteiger partial charge is 0.497 e. The predicted octanol–water partition coefficient (Wildman–Crippen LogP) is 2.39. The van der Waals surface area contributed by atoms with Crippen molar-refractivity contribution in [3.63, 3.8) is 0 Å². The van der Waals surface area contributed by atoms with Crippen LogP contribution in [0, 0.1) is 6.07 Å². The van der Waals surface area contributed by atoms with Crippen molar-refractivity contribution in [1.82, 2.24) is 0 Å². The molecule has 0 aliphatic carbocycles. The van der Waals surface area contributed by atoms with Crippen molar-refractivity contribution >= 4 is 0 Å². The van der Waals surface area contributed by atoms with E-state index in [2.05, 4.69) is 10.8 Å². The Hall–Kier alpha value is -1.39. The highest BCUT2D eigenvalue weighted by Crippen LogP contribution is 2.23. The molecular weight excluding hydrogens is 185 g/mol. The fourth-order valence-corrected chi connectivity index (χ4v) is 0.711. The van der Waals surface area contributed by atoms with Gasteiger partial charge in [-0.1, -0.05) is 0 Å². The Labute approximate surface area is 72.9 Å². The molecule has 2 nitrogen and oxygen atoms in total. The standard InChI is InChI=1S/C8H6F3O2/c1-12-6-2-4-7(5-3-6)13-8(9,10)11/h2-4H,1H3. The second-order valence-electron chi connectivity index (χ2n) is 2.14. The van der Waals surface area contributed by atoms with Crippen LogP contribution in [0.2, 0.25) is 0 Å². The molecule has 0 aromatic heterocycles. The fraction of sp³-hybridized carbons (Fsp3) is 0.250. The van der Waals surface area contributed by atoms with Crippen LogP contribution in [0.3, 0.4) is 0 Å². The van der Waals surface area contributed by atoms with Gasteiger partial charge in [-0.25, -0.2) is 0 Å². The lowest BCUT2D eigenvalue weighted by atomic mass is 10.3. The quantitative estimate of drug-likeness (QED) is 0.714. The first-order valence-electron chi connectivity index (χ1n) is 3.33. The highest BCUT2D eigenvalue weighted by atomic mass is 19.4. The van der Waals surface area contributed by atoms with E-state index in [4.69, 9.17) is 4.74 Å². The molecule has 0 aliphatic rings. The van der Waals surface area contributed by atoms with E-state index < -0.39 is 6.36 Å². The average molecular weight is 191 g/mol. The van der Waals surface area contributed by atoms with Crippen molar-refractivity contribution in [2.45, 2.75) is 6.36 Å². The topological polar surface area (TPSA) is 18.5 Å². The molecule has 0 fully saturated rings. The zero-order valence-corrected chi connectivity index (χ0v) is 6.68. The fourth-order valence-electron chi connectivity index (χ4n) is 0.711. The number of benzene rings is 1. The normalized spacial score (nSPS) is 11.1. The van der Waals surface area contributed by atoms with Gasteiger partial charge in [-0.05, 0) is 18.2 Å². The van der Waals surface area contributed by atoms with E-state index in [1.54, 1.807) is 0 Å². The first-order valence-corrected chi connectivity index (χ1v) is 3.33. The van der Waals surface area contributed by atoms with Gasteiger partial charge in [-0.2, -0.15) is 0 Å². The zero-order chi connectivity index (χ0) is 9.90. The van der Waals surface area contributed by atoms with E-state index in [-0.39, 0.29) is 5.75 Å². The number of rotatable bonds is 2. The van der Waals surface area contributed by atoms with Crippen LogP contribution >= 0.6 is 0 Å². The maximum absolute atomic E-state index is 11.7. The summed E-state index contributed by atoms with van der Waals surface area (Å²) in [7, 11) is 1.41. The molecule has 0 heterocycles. The maximum Gasteiger partial charge on any atom is 0.573 e. The Kier molecular flexibility index (Phi) is 2.65. The van der Waals surface area contributed by atoms with Gasteiger partial charge in [0.15, 0.2) is 0 Å². The second kappa shape index (κ2) is 3.55. The van der Waals surface area contributed by atoms with Gasteiger partial charge in [0.1, 0.15) is 11.5 Å². The molecule has 0 N–H and O–H groups in total. The van der Waals surface area contributed by atoms with Gasteiger partial charge in [0.25, 0.3) is 0 Å². The van der Waals surface area contributed by atoms with E-state index in [0.29, 0.717) is 5.75 Å². The molecule has 71 valence electrons. The largest absolute Gasteiger partial charge is 0.573 e. The van der Waals surface area contributed by atoms with E-state index in [9.17, 15) is 13.2 Å². The minimum absolute atomic E-state index is 0.381. The predicted molar refractivity (Wildman–Crippen MR) is 38.5 cm³/mol. The Balaban J connectivity index is 2.70. The first-order chi connectivity index (χ1) is 6.01. The lowest BCUT2D eigenvalue weighted by Gasteiger charge is -2.08. The van der Waals surface area contributed by atoms with Crippen LogP contribution < -0.4 is 9.47 Å². The molecule has 0 aliphatic heterocycles. The Morgan fingerprint density at radius 1 is 1.31 bits per heavy atom. The van der Waals surface area contributed by atoms with Crippen LogP contribution in [0.15, 0.2) is 18.2 Å². The molecular formula is C8H6F3O2. The zero-order valence-electron chi connectivity index (χ0n) is 6.68. The molecule has 5 heteroatoms. The molecule has 0 spiro atoms. The molecule has 1 aromatic carbocycles. The van der Waals surface area contributed by atoms with Gasteiger partial charge in [-0.15, -0.1) is 13.2 Å². The average Bonchev–Trinajstić information content (AvgIpc) is 2.03. The minimum atomic E-state index is -4.68. The van der Waals surface area contributed by atoms with E-state index >= 15 is 0 Å². The third-order valence-electron chi connectivity index (χ3n) is 1.22. The van der Waals surface area contributed by atoms with E-state index in [1.807, 2.05) is 0 Å². The number of hydrogen-bond donors (Lipinski definition) is 0. The molecule has 0 saturated carbocycles. The molecule has 1 radical (unpaired) electrons. The van der Waals surface area contributed by atoms with Crippen molar-refractivity contribution in [1.29, 1.82) is 0 Å². The maximum atomic E-state index is 11.7. The summed E-state index contributed by atoms with van der Waals surface area (Å²) in [5.74, 6) is 0.0443. The Morgan fingerprint density at radius 3 is 2.38 bits per heavy atom. The first kappa shape index (κ1) is 9.70. The summed E-state index contributed by atoms with van der Waals surface area (Å²) in [5, 5.41) is 0. The summed E-state index contributed by atoms with van der Waals surface area (Å²) < 4.78 is 43.3. The summed E-state index contributed by atoms with van der Waals surface area (Å²) in [6, 6.07) is 6.03. The molecule has 0 saturated heterocycles. The van der Waals surface area contributed by atoms with Crippen molar-refractivity contribution in [3.05, 3.63) is 24.3 Å². The molecule has 13 heavy (non-hydrogen) atoms. The highest BCUT2D eigenvalue weighted by molar-refractivity contribution is 5.29. The number of methoxy groups -OCH3 is 1. The van der Waals surface area contributed by atoms with Crippen LogP contribution in [-0.4, -0.2) is 13.5 Å². The number of halogens is 3. The summed E-state index contributed by atoms with van der Waals surface area (Å²) in [5.41, 5.74) is 0. The lowest BCUT2D eigenvalue weighted by Crippen LogP contribution is -2.17. The lowest BCUT2D eigenvalue weighted by molar-refractivity contribution is -0.274. The molecule has 0 bridgehead atoms. The summed E-state index contributed by atoms with van der Waals surface area (Å²) in [6.45, 7) is 0. The number of hydrogen-bond acceptors (Lipinski definition) is 2. The third-order valence-corrected chi connectivity index (χ3v) is 1.22. The monoisotopic (exact) mass is 191 g/mol. The minimum Gasteiger partial charge on any atom is -0.497 e. The van der Waals surface area contributed by atoms with Gasteiger partial charge < -0.3 is 9.47 Å². The Bertz CT molecular complexity index is 266. The Morgan fingerprint density at radius 2 is 2.00 bits per heavy atom. The second-order valence-corrected chi connectivity index (χ2v) is 2.14. The van der Waals surface area contributed by atoms with Crippen LogP contribution in [0.4, 0.5) is 13.2 Å². The summed E-state index contributed by atoms with van der Waals surface area (Å²) in [6.07, 6.45) is -4.68. The molecule has 0 amide bonds. The van der Waals surface area contributed by atoms with Gasteiger partial charge in [0.05, 0.1) is 7.11 Å². The van der Waals surface area contributed by atoms with Crippen molar-refractivity contribution in [2.75, 3.05) is 7.11 Å². The molecule has 0 unspecified atom stereocenters. The molecule has 1 aromatic rings. The van der Waals surface area contributed by atoms with Crippen LogP contribution in [-0.2, 0) is 0 Å². The van der Waals surface area contributed by atoms with Crippen LogP contribution in [0.25, 0.3) is 0 Å². The van der Waals surface area contributed by atoms with E-state index in [0.717, 1.165) is 6.07 Å². The number of ether oxygens (including phenoxy) is 2. The van der Waals surface area contributed by atoms with E-state index in [1.165, 1.54) is 19.2 Å². The summed E-state index contributed by atoms with van der Waals surface area (Å²) in [4.78, 5) is 0. The number of alkyl halides is 3. The van der Waals surface area contributed by atoms with Crippen LogP contribution in [0.1, 0.15) is 0 Å². The van der Waals surface area contributed by atoms with Crippen molar-refractivity contribution in [2.24, 2.45) is 0 Å². The van der Waals surface area contributed by atoms with Crippen molar-refractivity contribution < 1.29 is 22.6 Å². The molecule has 0 atom stereocenters. The highest BCUT2D eigenvalue weighted by Gasteiger charge is 2.31. The SMILES string of the molecule is COc1c[c]c(OC(F)(F)F)cc1. The van der Waals surface area contributed by atoms with Gasteiger partial charge >= 0.3 is 6.36 Å². The van der Waals surface area contributed by atoms with Gasteiger partial charge in [0, 0.05) is 6.07 Å².